The maximum atomic E-state index is 9.65. The van der Waals surface area contributed by atoms with Gasteiger partial charge in [-0.1, -0.05) is 0 Å². The number of aliphatic hydroxyl groups excluding tert-OH is 1. The van der Waals surface area contributed by atoms with Gasteiger partial charge in [-0.2, -0.15) is 4.98 Å². The van der Waals surface area contributed by atoms with Crippen LogP contribution in [0.2, 0.25) is 0 Å². The van der Waals surface area contributed by atoms with Gasteiger partial charge in [0.05, 0.1) is 12.0 Å². The van der Waals surface area contributed by atoms with Crippen molar-refractivity contribution in [2.24, 2.45) is 0 Å². The molecule has 0 amide bonds. The average molecular weight is 197 g/mol. The van der Waals surface area contributed by atoms with Crippen LogP contribution < -0.4 is 4.90 Å². The number of anilines is 1. The van der Waals surface area contributed by atoms with E-state index in [1.165, 1.54) is 0 Å². The molecule has 1 aromatic heterocycles. The molecule has 0 spiro atoms. The predicted octanol–water partition coefficient (Wildman–Crippen LogP) is 0.764. The van der Waals surface area contributed by atoms with Gasteiger partial charge < -0.3 is 14.5 Å². The standard InChI is InChI=1S/C9H15N3O2/c1-12(2)9-10-8(14-11-9)6-4-3-5-7(6)13/h6-7,13H,3-5H2,1-2H3. The van der Waals surface area contributed by atoms with E-state index in [1.807, 2.05) is 14.1 Å². The Kier molecular flexibility index (Phi) is 2.41. The molecular formula is C9H15N3O2. The minimum absolute atomic E-state index is 0.0381. The number of hydrogen-bond acceptors (Lipinski definition) is 5. The number of aromatic nitrogens is 2. The van der Waals surface area contributed by atoms with Gasteiger partial charge in [0.15, 0.2) is 0 Å². The van der Waals surface area contributed by atoms with Crippen molar-refractivity contribution in [2.75, 3.05) is 19.0 Å². The predicted molar refractivity (Wildman–Crippen MR) is 51.2 cm³/mol. The molecule has 2 unspecified atom stereocenters. The second kappa shape index (κ2) is 3.57. The van der Waals surface area contributed by atoms with E-state index in [1.54, 1.807) is 4.90 Å². The summed E-state index contributed by atoms with van der Waals surface area (Å²) in [7, 11) is 3.72. The maximum absolute atomic E-state index is 9.65. The molecule has 1 saturated carbocycles. The topological polar surface area (TPSA) is 62.4 Å². The Labute approximate surface area is 82.7 Å². The first kappa shape index (κ1) is 9.45. The first-order valence-electron chi connectivity index (χ1n) is 4.87. The van der Waals surface area contributed by atoms with Crippen molar-refractivity contribution >= 4 is 5.95 Å². The van der Waals surface area contributed by atoms with Gasteiger partial charge in [0.1, 0.15) is 0 Å². The lowest BCUT2D eigenvalue weighted by Gasteiger charge is -2.08. The number of aliphatic hydroxyl groups is 1. The lowest BCUT2D eigenvalue weighted by Crippen LogP contribution is -2.13. The maximum Gasteiger partial charge on any atom is 0.265 e. The normalized spacial score (nSPS) is 26.8. The fourth-order valence-electron chi connectivity index (χ4n) is 1.79. The zero-order valence-electron chi connectivity index (χ0n) is 8.47. The van der Waals surface area contributed by atoms with Crippen molar-refractivity contribution in [1.29, 1.82) is 0 Å². The molecule has 0 bridgehead atoms. The van der Waals surface area contributed by atoms with Gasteiger partial charge in [-0.05, 0) is 24.4 Å². The van der Waals surface area contributed by atoms with Gasteiger partial charge >= 0.3 is 0 Å². The molecule has 14 heavy (non-hydrogen) atoms. The highest BCUT2D eigenvalue weighted by Gasteiger charge is 2.31. The third-order valence-electron chi connectivity index (χ3n) is 2.63. The molecule has 1 aromatic rings. The second-order valence-corrected chi connectivity index (χ2v) is 3.93. The third kappa shape index (κ3) is 1.59. The fourth-order valence-corrected chi connectivity index (χ4v) is 1.79. The van der Waals surface area contributed by atoms with E-state index in [9.17, 15) is 5.11 Å². The van der Waals surface area contributed by atoms with E-state index in [0.717, 1.165) is 19.3 Å². The van der Waals surface area contributed by atoms with Crippen LogP contribution in [0.3, 0.4) is 0 Å². The highest BCUT2D eigenvalue weighted by atomic mass is 16.5. The van der Waals surface area contributed by atoms with Crippen molar-refractivity contribution in [3.63, 3.8) is 0 Å². The van der Waals surface area contributed by atoms with Crippen molar-refractivity contribution in [1.82, 2.24) is 10.1 Å². The molecule has 78 valence electrons. The molecule has 0 aliphatic heterocycles. The van der Waals surface area contributed by atoms with Crippen LogP contribution in [-0.4, -0.2) is 35.4 Å². The zero-order valence-corrected chi connectivity index (χ0v) is 8.47. The molecule has 1 aliphatic carbocycles. The van der Waals surface area contributed by atoms with Gasteiger partial charge in [0.2, 0.25) is 5.89 Å². The first-order chi connectivity index (χ1) is 6.68. The van der Waals surface area contributed by atoms with Crippen LogP contribution in [0.25, 0.3) is 0 Å². The lowest BCUT2D eigenvalue weighted by atomic mass is 10.1. The largest absolute Gasteiger partial charge is 0.392 e. The van der Waals surface area contributed by atoms with Gasteiger partial charge in [-0.15, -0.1) is 0 Å². The monoisotopic (exact) mass is 197 g/mol. The van der Waals surface area contributed by atoms with Gasteiger partial charge in [-0.3, -0.25) is 0 Å². The lowest BCUT2D eigenvalue weighted by molar-refractivity contribution is 0.148. The summed E-state index contributed by atoms with van der Waals surface area (Å²) in [4.78, 5) is 6.02. The van der Waals surface area contributed by atoms with Crippen LogP contribution in [0.4, 0.5) is 5.95 Å². The molecule has 2 atom stereocenters. The van der Waals surface area contributed by atoms with Crippen LogP contribution in [0.1, 0.15) is 31.1 Å². The smallest absolute Gasteiger partial charge is 0.265 e. The Balaban J connectivity index is 2.16. The van der Waals surface area contributed by atoms with E-state index in [2.05, 4.69) is 10.1 Å². The molecule has 2 rings (SSSR count). The molecule has 5 heteroatoms. The summed E-state index contributed by atoms with van der Waals surface area (Å²) in [6, 6.07) is 0. The number of hydrogen-bond donors (Lipinski definition) is 1. The van der Waals surface area contributed by atoms with Crippen LogP contribution in [0.5, 0.6) is 0 Å². The fraction of sp³-hybridized carbons (Fsp3) is 0.778. The molecule has 1 heterocycles. The molecule has 0 aromatic carbocycles. The Hall–Kier alpha value is -1.10. The van der Waals surface area contributed by atoms with Crippen LogP contribution in [0, 0.1) is 0 Å². The van der Waals surface area contributed by atoms with E-state index in [-0.39, 0.29) is 12.0 Å². The Morgan fingerprint density at radius 1 is 1.43 bits per heavy atom. The summed E-state index contributed by atoms with van der Waals surface area (Å²) in [5, 5.41) is 13.5. The molecule has 1 N–H and O–H groups in total. The Morgan fingerprint density at radius 2 is 2.21 bits per heavy atom. The molecule has 1 aliphatic rings. The van der Waals surface area contributed by atoms with Gasteiger partial charge in [-0.25, -0.2) is 0 Å². The van der Waals surface area contributed by atoms with E-state index < -0.39 is 0 Å². The highest BCUT2D eigenvalue weighted by Crippen LogP contribution is 2.33. The number of rotatable bonds is 2. The molecule has 1 fully saturated rings. The quantitative estimate of drug-likeness (QED) is 0.758. The third-order valence-corrected chi connectivity index (χ3v) is 2.63. The summed E-state index contributed by atoms with van der Waals surface area (Å²) < 4.78 is 5.12. The van der Waals surface area contributed by atoms with E-state index >= 15 is 0 Å². The molecular weight excluding hydrogens is 182 g/mol. The Morgan fingerprint density at radius 3 is 2.71 bits per heavy atom. The van der Waals surface area contributed by atoms with Crippen LogP contribution in [-0.2, 0) is 0 Å². The summed E-state index contributed by atoms with van der Waals surface area (Å²) in [6.07, 6.45) is 2.50. The highest BCUT2D eigenvalue weighted by molar-refractivity contribution is 5.24. The van der Waals surface area contributed by atoms with Gasteiger partial charge in [0.25, 0.3) is 5.95 Å². The van der Waals surface area contributed by atoms with Crippen LogP contribution in [0.15, 0.2) is 4.52 Å². The summed E-state index contributed by atoms with van der Waals surface area (Å²) >= 11 is 0. The minimum Gasteiger partial charge on any atom is -0.392 e. The Bertz CT molecular complexity index is 311. The van der Waals surface area contributed by atoms with E-state index in [4.69, 9.17) is 4.52 Å². The van der Waals surface area contributed by atoms with Crippen LogP contribution >= 0.6 is 0 Å². The van der Waals surface area contributed by atoms with Crippen molar-refractivity contribution < 1.29 is 9.63 Å². The minimum atomic E-state index is -0.314. The number of nitrogens with zero attached hydrogens (tertiary/aromatic N) is 3. The first-order valence-corrected chi connectivity index (χ1v) is 4.87. The van der Waals surface area contributed by atoms with Gasteiger partial charge in [0, 0.05) is 14.1 Å². The van der Waals surface area contributed by atoms with Crippen molar-refractivity contribution in [3.05, 3.63) is 5.89 Å². The summed E-state index contributed by atoms with van der Waals surface area (Å²) in [5.74, 6) is 1.18. The molecule has 0 radical (unpaired) electrons. The average Bonchev–Trinajstić information content (AvgIpc) is 2.71. The SMILES string of the molecule is CN(C)c1noc(C2CCCC2O)n1. The molecule has 0 saturated heterocycles. The zero-order chi connectivity index (χ0) is 10.1. The van der Waals surface area contributed by atoms with Crippen molar-refractivity contribution in [3.8, 4) is 0 Å². The summed E-state index contributed by atoms with van der Waals surface area (Å²) in [5.41, 5.74) is 0. The van der Waals surface area contributed by atoms with E-state index in [0.29, 0.717) is 11.8 Å². The summed E-state index contributed by atoms with van der Waals surface area (Å²) in [6.45, 7) is 0. The second-order valence-electron chi connectivity index (χ2n) is 3.93. The van der Waals surface area contributed by atoms with Crippen molar-refractivity contribution in [2.45, 2.75) is 31.3 Å². The molecule has 5 nitrogen and oxygen atoms in total.